The second kappa shape index (κ2) is 8.00. The van der Waals surface area contributed by atoms with Gasteiger partial charge in [0.15, 0.2) is 23.1 Å². The molecule has 0 aliphatic rings. The van der Waals surface area contributed by atoms with Crippen LogP contribution in [0.4, 0.5) is 27.6 Å². The fourth-order valence-electron chi connectivity index (χ4n) is 2.77. The van der Waals surface area contributed by atoms with Gasteiger partial charge in [0.2, 0.25) is 0 Å². The van der Waals surface area contributed by atoms with Crippen molar-refractivity contribution in [2.45, 2.75) is 6.18 Å². The number of benzene rings is 1. The second-order valence-corrected chi connectivity index (χ2v) is 6.62. The molecular weight excluding hydrogens is 461 g/mol. The van der Waals surface area contributed by atoms with Crippen LogP contribution in [0.5, 0.6) is 0 Å². The SMILES string of the molecule is O=C(Nc1cnc(-n2nccn2)c(Cl)c1)c1cnn(-c2ccc(F)c(F)c2)c1C(F)(F)F. The van der Waals surface area contributed by atoms with Gasteiger partial charge in [0.05, 0.1) is 46.7 Å². The molecule has 1 N–H and O–H groups in total. The Morgan fingerprint density at radius 3 is 2.34 bits per heavy atom. The zero-order valence-electron chi connectivity index (χ0n) is 15.5. The predicted molar refractivity (Wildman–Crippen MR) is 101 cm³/mol. The third-order valence-corrected chi connectivity index (χ3v) is 4.40. The first-order valence-electron chi connectivity index (χ1n) is 8.59. The normalized spacial score (nSPS) is 11.6. The van der Waals surface area contributed by atoms with Crippen LogP contribution >= 0.6 is 11.6 Å². The lowest BCUT2D eigenvalue weighted by Gasteiger charge is -2.13. The first kappa shape index (κ1) is 21.4. The fraction of sp³-hybridized carbons (Fsp3) is 0.0556. The molecule has 0 aliphatic heterocycles. The summed E-state index contributed by atoms with van der Waals surface area (Å²) >= 11 is 6.09. The molecule has 14 heteroatoms. The highest BCUT2D eigenvalue weighted by molar-refractivity contribution is 6.32. The molecule has 0 spiro atoms. The van der Waals surface area contributed by atoms with Crippen molar-refractivity contribution < 1.29 is 26.7 Å². The number of carbonyl (C=O) groups excluding carboxylic acids is 1. The molecule has 3 heterocycles. The molecule has 0 atom stereocenters. The van der Waals surface area contributed by atoms with Gasteiger partial charge in [-0.1, -0.05) is 11.6 Å². The molecule has 0 fully saturated rings. The molecule has 1 aromatic carbocycles. The Labute approximate surface area is 180 Å². The number of nitrogens with one attached hydrogen (secondary N) is 1. The predicted octanol–water partition coefficient (Wildman–Crippen LogP) is 4.05. The molecule has 0 unspecified atom stereocenters. The number of carbonyl (C=O) groups is 1. The number of amides is 1. The Hall–Kier alpha value is -3.87. The van der Waals surface area contributed by atoms with E-state index in [-0.39, 0.29) is 16.5 Å². The molecular formula is C18H9ClF5N7O. The first-order valence-corrected chi connectivity index (χ1v) is 8.97. The summed E-state index contributed by atoms with van der Waals surface area (Å²) in [6.07, 6.45) is -0.459. The summed E-state index contributed by atoms with van der Waals surface area (Å²) in [5, 5.41) is 13.5. The zero-order valence-corrected chi connectivity index (χ0v) is 16.2. The van der Waals surface area contributed by atoms with Crippen molar-refractivity contribution in [2.75, 3.05) is 5.32 Å². The first-order chi connectivity index (χ1) is 15.1. The van der Waals surface area contributed by atoms with Crippen molar-refractivity contribution in [3.05, 3.63) is 77.0 Å². The average molecular weight is 470 g/mol. The molecule has 164 valence electrons. The highest BCUT2D eigenvalue weighted by Gasteiger charge is 2.40. The standard InChI is InChI=1S/C18H9ClF5N7O/c19-12-5-9(7-25-16(12)31-26-3-4-27-31)29-17(32)11-8-28-30(15(11)18(22,23)24)10-1-2-13(20)14(21)6-10/h1-8H,(H,29,32). The van der Waals surface area contributed by atoms with Crippen LogP contribution in [0.15, 0.2) is 49.1 Å². The van der Waals surface area contributed by atoms with Gasteiger partial charge in [-0.2, -0.15) is 28.5 Å². The van der Waals surface area contributed by atoms with E-state index >= 15 is 0 Å². The molecule has 0 radical (unpaired) electrons. The van der Waals surface area contributed by atoms with E-state index in [9.17, 15) is 26.7 Å². The summed E-state index contributed by atoms with van der Waals surface area (Å²) in [5.74, 6) is -3.65. The largest absolute Gasteiger partial charge is 0.434 e. The van der Waals surface area contributed by atoms with Crippen molar-refractivity contribution in [2.24, 2.45) is 0 Å². The van der Waals surface area contributed by atoms with E-state index in [0.717, 1.165) is 17.1 Å². The average Bonchev–Trinajstić information content (AvgIpc) is 3.40. The van der Waals surface area contributed by atoms with Crippen LogP contribution in [0.3, 0.4) is 0 Å². The summed E-state index contributed by atoms with van der Waals surface area (Å²) < 4.78 is 68.1. The number of aromatic nitrogens is 6. The van der Waals surface area contributed by atoms with Crippen LogP contribution in [0.2, 0.25) is 5.02 Å². The van der Waals surface area contributed by atoms with Gasteiger partial charge in [0.1, 0.15) is 0 Å². The topological polar surface area (TPSA) is 90.5 Å². The van der Waals surface area contributed by atoms with Gasteiger partial charge in [-0.05, 0) is 18.2 Å². The molecule has 3 aromatic heterocycles. The minimum atomic E-state index is -5.04. The van der Waals surface area contributed by atoms with E-state index in [0.29, 0.717) is 23.0 Å². The molecule has 8 nitrogen and oxygen atoms in total. The molecule has 1 amide bonds. The van der Waals surface area contributed by atoms with Gasteiger partial charge in [0.25, 0.3) is 5.91 Å². The number of hydrogen-bond donors (Lipinski definition) is 1. The van der Waals surface area contributed by atoms with Crippen LogP contribution in [-0.2, 0) is 6.18 Å². The number of halogens is 6. The van der Waals surface area contributed by atoms with Gasteiger partial charge >= 0.3 is 6.18 Å². The van der Waals surface area contributed by atoms with Crippen LogP contribution in [0.1, 0.15) is 16.1 Å². The van der Waals surface area contributed by atoms with Crippen molar-refractivity contribution in [1.29, 1.82) is 0 Å². The molecule has 0 saturated heterocycles. The van der Waals surface area contributed by atoms with Crippen molar-refractivity contribution in [3.63, 3.8) is 0 Å². The highest BCUT2D eigenvalue weighted by atomic mass is 35.5. The smallest absolute Gasteiger partial charge is 0.320 e. The third kappa shape index (κ3) is 4.01. The van der Waals surface area contributed by atoms with Crippen LogP contribution in [-0.4, -0.2) is 35.7 Å². The van der Waals surface area contributed by atoms with Gasteiger partial charge in [-0.25, -0.2) is 18.4 Å². The maximum atomic E-state index is 13.7. The maximum absolute atomic E-state index is 13.7. The summed E-state index contributed by atoms with van der Waals surface area (Å²) in [5.41, 5.74) is -2.76. The number of anilines is 1. The fourth-order valence-corrected chi connectivity index (χ4v) is 3.01. The summed E-state index contributed by atoms with van der Waals surface area (Å²) in [6.45, 7) is 0. The van der Waals surface area contributed by atoms with E-state index in [1.54, 1.807) is 0 Å². The second-order valence-electron chi connectivity index (χ2n) is 6.22. The number of rotatable bonds is 4. The Morgan fingerprint density at radius 2 is 1.72 bits per heavy atom. The Balaban J connectivity index is 1.68. The molecule has 0 bridgehead atoms. The lowest BCUT2D eigenvalue weighted by molar-refractivity contribution is -0.143. The van der Waals surface area contributed by atoms with Crippen LogP contribution < -0.4 is 5.32 Å². The van der Waals surface area contributed by atoms with E-state index in [1.807, 2.05) is 0 Å². The van der Waals surface area contributed by atoms with E-state index in [2.05, 4.69) is 25.6 Å². The summed E-state index contributed by atoms with van der Waals surface area (Å²) in [4.78, 5) is 17.7. The quantitative estimate of drug-likeness (QED) is 0.455. The monoisotopic (exact) mass is 469 g/mol. The Kier molecular flexibility index (Phi) is 5.34. The third-order valence-electron chi connectivity index (χ3n) is 4.12. The molecule has 0 aliphatic carbocycles. The van der Waals surface area contributed by atoms with Crippen molar-refractivity contribution in [3.8, 4) is 11.5 Å². The van der Waals surface area contributed by atoms with Crippen LogP contribution in [0, 0.1) is 11.6 Å². The lowest BCUT2D eigenvalue weighted by Crippen LogP contribution is -2.21. The van der Waals surface area contributed by atoms with Crippen molar-refractivity contribution in [1.82, 2.24) is 29.8 Å². The van der Waals surface area contributed by atoms with Gasteiger partial charge in [0, 0.05) is 6.07 Å². The van der Waals surface area contributed by atoms with E-state index in [1.165, 1.54) is 18.5 Å². The summed E-state index contributed by atoms with van der Waals surface area (Å²) in [7, 11) is 0. The number of hydrogen-bond acceptors (Lipinski definition) is 5. The van der Waals surface area contributed by atoms with E-state index in [4.69, 9.17) is 11.6 Å². The molecule has 0 saturated carbocycles. The number of pyridine rings is 1. The van der Waals surface area contributed by atoms with Gasteiger partial charge < -0.3 is 5.32 Å². The Bertz CT molecular complexity index is 1300. The lowest BCUT2D eigenvalue weighted by atomic mass is 10.2. The Morgan fingerprint density at radius 1 is 1.00 bits per heavy atom. The maximum Gasteiger partial charge on any atom is 0.434 e. The summed E-state index contributed by atoms with van der Waals surface area (Å²) in [6, 6.07) is 3.33. The molecule has 32 heavy (non-hydrogen) atoms. The van der Waals surface area contributed by atoms with Crippen LogP contribution in [0.25, 0.3) is 11.5 Å². The van der Waals surface area contributed by atoms with Crippen molar-refractivity contribution >= 4 is 23.2 Å². The minimum absolute atomic E-state index is 0.00962. The number of alkyl halides is 3. The zero-order chi connectivity index (χ0) is 23.0. The molecule has 4 aromatic rings. The number of nitrogens with zero attached hydrogens (tertiary/aromatic N) is 6. The van der Waals surface area contributed by atoms with E-state index < -0.39 is 40.7 Å². The minimum Gasteiger partial charge on any atom is -0.320 e. The highest BCUT2D eigenvalue weighted by Crippen LogP contribution is 2.34. The van der Waals surface area contributed by atoms with Gasteiger partial charge in [-0.15, -0.1) is 4.80 Å². The molecule has 4 rings (SSSR count). The van der Waals surface area contributed by atoms with Gasteiger partial charge in [-0.3, -0.25) is 4.79 Å².